The molecule has 0 aromatic rings. The van der Waals surface area contributed by atoms with Gasteiger partial charge in [-0.05, 0) is 48.8 Å². The summed E-state index contributed by atoms with van der Waals surface area (Å²) < 4.78 is 0. The average Bonchev–Trinajstić information content (AvgIpc) is 2.87. The predicted molar refractivity (Wildman–Crippen MR) is 99.8 cm³/mol. The molecule has 4 aliphatic rings. The number of ketones is 2. The van der Waals surface area contributed by atoms with E-state index in [0.717, 1.165) is 5.57 Å². The fourth-order valence-electron chi connectivity index (χ4n) is 6.46. The Morgan fingerprint density at radius 2 is 2.07 bits per heavy atom. The van der Waals surface area contributed by atoms with Crippen LogP contribution in [0.25, 0.3) is 0 Å². The number of Topliss-reactive ketones (excluding diaryl/α,β-unsaturated/α-hetero) is 1. The molecule has 5 nitrogen and oxygen atoms in total. The normalized spacial score (nSPS) is 48.3. The number of aliphatic hydroxyl groups is 3. The highest BCUT2D eigenvalue weighted by Crippen LogP contribution is 2.66. The summed E-state index contributed by atoms with van der Waals surface area (Å²) in [6.07, 6.45) is 7.16. The lowest BCUT2D eigenvalue weighted by atomic mass is 9.48. The van der Waals surface area contributed by atoms with Crippen molar-refractivity contribution in [1.29, 1.82) is 0 Å². The van der Waals surface area contributed by atoms with Crippen LogP contribution in [0.1, 0.15) is 33.1 Å². The van der Waals surface area contributed by atoms with Crippen molar-refractivity contribution in [3.63, 3.8) is 0 Å². The van der Waals surface area contributed by atoms with Crippen molar-refractivity contribution in [3.05, 3.63) is 34.9 Å². The first kappa shape index (κ1) is 19.1. The lowest BCUT2D eigenvalue weighted by Crippen LogP contribution is -2.61. The molecule has 146 valence electrons. The standard InChI is InChI=1S/C21H25ClO5/c1-19-5-3-11(24)7-14(19)15(22)8-12-13-4-6-21(27,17(26)10-23)20(13,2)9-16(25)18(12)19/h3,5,7-8,12-13,16,18,23,25,27H,4,6,9-10H2,1-2H3/t12?,13?,16?,18?,19-,20-,21-/m0/s1. The summed E-state index contributed by atoms with van der Waals surface area (Å²) in [7, 11) is 0. The zero-order valence-electron chi connectivity index (χ0n) is 15.5. The number of hydrogen-bond donors (Lipinski definition) is 3. The molecule has 0 heterocycles. The van der Waals surface area contributed by atoms with E-state index in [2.05, 4.69) is 0 Å². The summed E-state index contributed by atoms with van der Waals surface area (Å²) in [5, 5.41) is 32.2. The zero-order chi connectivity index (χ0) is 19.8. The van der Waals surface area contributed by atoms with Crippen LogP contribution in [-0.2, 0) is 9.59 Å². The van der Waals surface area contributed by atoms with E-state index in [0.29, 0.717) is 11.5 Å². The maximum absolute atomic E-state index is 12.4. The van der Waals surface area contributed by atoms with Crippen LogP contribution in [0.3, 0.4) is 0 Å². The van der Waals surface area contributed by atoms with Crippen molar-refractivity contribution in [1.82, 2.24) is 0 Å². The molecule has 0 aliphatic heterocycles. The summed E-state index contributed by atoms with van der Waals surface area (Å²) in [6.45, 7) is 3.11. The van der Waals surface area contributed by atoms with Crippen molar-refractivity contribution in [3.8, 4) is 0 Å². The van der Waals surface area contributed by atoms with Gasteiger partial charge in [0.25, 0.3) is 0 Å². The highest BCUT2D eigenvalue weighted by molar-refractivity contribution is 6.32. The Morgan fingerprint density at radius 3 is 2.74 bits per heavy atom. The van der Waals surface area contributed by atoms with E-state index in [1.54, 1.807) is 0 Å². The second-order valence-electron chi connectivity index (χ2n) is 8.97. The van der Waals surface area contributed by atoms with E-state index in [-0.39, 0.29) is 36.4 Å². The van der Waals surface area contributed by atoms with Gasteiger partial charge in [0, 0.05) is 21.8 Å². The Balaban J connectivity index is 1.84. The van der Waals surface area contributed by atoms with Crippen molar-refractivity contribution in [2.24, 2.45) is 28.6 Å². The molecule has 4 aliphatic carbocycles. The van der Waals surface area contributed by atoms with Crippen LogP contribution >= 0.6 is 11.6 Å². The smallest absolute Gasteiger partial charge is 0.190 e. The molecule has 2 fully saturated rings. The van der Waals surface area contributed by atoms with Crippen molar-refractivity contribution >= 4 is 23.2 Å². The number of carbonyl (C=O) groups is 2. The highest BCUT2D eigenvalue weighted by atomic mass is 35.5. The van der Waals surface area contributed by atoms with Gasteiger partial charge >= 0.3 is 0 Å². The molecule has 0 aromatic heterocycles. The predicted octanol–water partition coefficient (Wildman–Crippen LogP) is 1.90. The minimum atomic E-state index is -1.64. The van der Waals surface area contributed by atoms with Gasteiger partial charge in [-0.1, -0.05) is 37.6 Å². The molecule has 0 spiro atoms. The summed E-state index contributed by atoms with van der Waals surface area (Å²) in [6, 6.07) is 0. The van der Waals surface area contributed by atoms with Crippen molar-refractivity contribution < 1.29 is 24.9 Å². The quantitative estimate of drug-likeness (QED) is 0.667. The number of allylic oxidation sites excluding steroid dienone is 6. The van der Waals surface area contributed by atoms with Gasteiger partial charge in [-0.25, -0.2) is 0 Å². The molecule has 0 amide bonds. The summed E-state index contributed by atoms with van der Waals surface area (Å²) in [5.74, 6) is -1.08. The van der Waals surface area contributed by atoms with Gasteiger partial charge < -0.3 is 15.3 Å². The molecule has 4 rings (SSSR count). The number of rotatable bonds is 2. The molecular formula is C21H25ClO5. The fraction of sp³-hybridized carbons (Fsp3) is 0.619. The highest BCUT2D eigenvalue weighted by Gasteiger charge is 2.67. The van der Waals surface area contributed by atoms with Crippen LogP contribution in [0.15, 0.2) is 34.9 Å². The van der Waals surface area contributed by atoms with Crippen molar-refractivity contribution in [2.75, 3.05) is 6.61 Å². The first-order valence-corrected chi connectivity index (χ1v) is 9.84. The maximum atomic E-state index is 12.4. The van der Waals surface area contributed by atoms with E-state index in [9.17, 15) is 24.9 Å². The first-order chi connectivity index (χ1) is 12.6. The Kier molecular flexibility index (Phi) is 4.14. The summed E-state index contributed by atoms with van der Waals surface area (Å²) in [4.78, 5) is 24.2. The van der Waals surface area contributed by atoms with Gasteiger partial charge in [-0.2, -0.15) is 0 Å². The van der Waals surface area contributed by atoms with E-state index in [4.69, 9.17) is 11.6 Å². The van der Waals surface area contributed by atoms with E-state index in [1.807, 2.05) is 26.0 Å². The molecule has 0 aromatic carbocycles. The SMILES string of the molecule is C[C@]12C=CC(=O)C=C1C(Cl)=CC1C2C(O)C[C@@]2(C)C1CC[C@]2(O)C(=O)CO. The number of aliphatic hydroxyl groups excluding tert-OH is 2. The molecule has 0 radical (unpaired) electrons. The van der Waals surface area contributed by atoms with Gasteiger partial charge in [0.1, 0.15) is 12.2 Å². The minimum absolute atomic E-state index is 0.0513. The Bertz CT molecular complexity index is 813. The molecule has 7 atom stereocenters. The van der Waals surface area contributed by atoms with Crippen molar-refractivity contribution in [2.45, 2.75) is 44.8 Å². The van der Waals surface area contributed by atoms with Gasteiger partial charge in [-0.15, -0.1) is 0 Å². The van der Waals surface area contributed by atoms with Gasteiger partial charge in [0.05, 0.1) is 6.10 Å². The lowest BCUT2D eigenvalue weighted by Gasteiger charge is -2.58. The third kappa shape index (κ3) is 2.29. The van der Waals surface area contributed by atoms with Crippen LogP contribution in [0.5, 0.6) is 0 Å². The van der Waals surface area contributed by atoms with E-state index >= 15 is 0 Å². The second-order valence-corrected chi connectivity index (χ2v) is 9.38. The topological polar surface area (TPSA) is 94.8 Å². The molecular weight excluding hydrogens is 368 g/mol. The number of halogens is 1. The monoisotopic (exact) mass is 392 g/mol. The second kappa shape index (κ2) is 5.86. The molecule has 0 bridgehead atoms. The largest absolute Gasteiger partial charge is 0.393 e. The Morgan fingerprint density at radius 1 is 1.37 bits per heavy atom. The Hall–Kier alpha value is -1.27. The maximum Gasteiger partial charge on any atom is 0.190 e. The molecule has 27 heavy (non-hydrogen) atoms. The average molecular weight is 393 g/mol. The third-order valence-electron chi connectivity index (χ3n) is 7.86. The third-order valence-corrected chi connectivity index (χ3v) is 8.19. The summed E-state index contributed by atoms with van der Waals surface area (Å²) >= 11 is 6.57. The lowest BCUT2D eigenvalue weighted by molar-refractivity contribution is -0.172. The number of hydrogen-bond acceptors (Lipinski definition) is 5. The number of carbonyl (C=O) groups excluding carboxylic acids is 2. The fourth-order valence-corrected chi connectivity index (χ4v) is 6.86. The molecule has 4 unspecified atom stereocenters. The van der Waals surface area contributed by atoms with Crippen LogP contribution in [0.2, 0.25) is 0 Å². The molecule has 2 saturated carbocycles. The van der Waals surface area contributed by atoms with Crippen LogP contribution in [-0.4, -0.2) is 45.2 Å². The van der Waals surface area contributed by atoms with Gasteiger partial charge in [-0.3, -0.25) is 9.59 Å². The zero-order valence-corrected chi connectivity index (χ0v) is 16.2. The van der Waals surface area contributed by atoms with Crippen LogP contribution in [0, 0.1) is 28.6 Å². The molecule has 6 heteroatoms. The first-order valence-electron chi connectivity index (χ1n) is 9.46. The van der Waals surface area contributed by atoms with Crippen LogP contribution in [0.4, 0.5) is 0 Å². The minimum Gasteiger partial charge on any atom is -0.393 e. The molecule has 3 N–H and O–H groups in total. The van der Waals surface area contributed by atoms with E-state index < -0.39 is 34.9 Å². The van der Waals surface area contributed by atoms with Gasteiger partial charge in [0.15, 0.2) is 11.6 Å². The molecule has 0 saturated heterocycles. The van der Waals surface area contributed by atoms with Crippen LogP contribution < -0.4 is 0 Å². The summed E-state index contributed by atoms with van der Waals surface area (Å²) in [5.41, 5.74) is -2.34. The Labute approximate surface area is 163 Å². The number of fused-ring (bicyclic) bond motifs is 5. The van der Waals surface area contributed by atoms with Gasteiger partial charge in [0.2, 0.25) is 0 Å². The van der Waals surface area contributed by atoms with E-state index in [1.165, 1.54) is 12.2 Å².